The summed E-state index contributed by atoms with van der Waals surface area (Å²) in [6.07, 6.45) is 4.19. The van der Waals surface area contributed by atoms with Crippen LogP contribution in [0.5, 0.6) is 0 Å². The smallest absolute Gasteiger partial charge is 0.191 e. The lowest BCUT2D eigenvalue weighted by molar-refractivity contribution is 0.306. The van der Waals surface area contributed by atoms with Crippen molar-refractivity contribution in [3.63, 3.8) is 0 Å². The van der Waals surface area contributed by atoms with Gasteiger partial charge in [0.2, 0.25) is 0 Å². The number of aryl methyl sites for hydroxylation is 1. The van der Waals surface area contributed by atoms with Gasteiger partial charge in [-0.3, -0.25) is 9.67 Å². The monoisotopic (exact) mass is 378 g/mol. The number of likely N-dealkylation sites (N-methyl/N-ethyl adjacent to an activating group) is 1. The summed E-state index contributed by atoms with van der Waals surface area (Å²) in [5.41, 5.74) is 1.43. The molecule has 0 saturated heterocycles. The minimum Gasteiger partial charge on any atom is -0.357 e. The van der Waals surface area contributed by atoms with Crippen molar-refractivity contribution in [1.29, 1.82) is 0 Å². The molecule has 0 fully saturated rings. The summed E-state index contributed by atoms with van der Waals surface area (Å²) in [7, 11) is 5.89. The number of aliphatic imine (C=N–C) groups is 1. The van der Waals surface area contributed by atoms with Gasteiger partial charge in [0.05, 0.1) is 18.8 Å². The molecule has 0 aliphatic carbocycles. The van der Waals surface area contributed by atoms with Gasteiger partial charge in [-0.05, 0) is 51.2 Å². The van der Waals surface area contributed by atoms with Crippen LogP contribution in [0.3, 0.4) is 0 Å². The highest BCUT2D eigenvalue weighted by Crippen LogP contribution is 2.17. The molecule has 0 aliphatic rings. The van der Waals surface area contributed by atoms with Gasteiger partial charge in [-0.2, -0.15) is 5.10 Å². The summed E-state index contributed by atoms with van der Waals surface area (Å²) >= 11 is 0. The summed E-state index contributed by atoms with van der Waals surface area (Å²) in [6.45, 7) is 3.68. The van der Waals surface area contributed by atoms with Crippen LogP contribution in [0.2, 0.25) is 0 Å². The van der Waals surface area contributed by atoms with E-state index >= 15 is 0 Å². The number of hydrogen-bond donors (Lipinski definition) is 2. The highest BCUT2D eigenvalue weighted by molar-refractivity contribution is 5.79. The zero-order valence-electron chi connectivity index (χ0n) is 16.3. The average Bonchev–Trinajstić information content (AvgIpc) is 3.03. The zero-order chi connectivity index (χ0) is 19.8. The fraction of sp³-hybridized carbons (Fsp3) is 0.474. The number of guanidine groups is 1. The van der Waals surface area contributed by atoms with Crippen LogP contribution in [-0.2, 0) is 13.5 Å². The third kappa shape index (κ3) is 6.32. The van der Waals surface area contributed by atoms with Gasteiger partial charge in [-0.25, -0.2) is 8.78 Å². The minimum atomic E-state index is -0.433. The summed E-state index contributed by atoms with van der Waals surface area (Å²) in [4.78, 5) is 6.73. The van der Waals surface area contributed by atoms with Crippen molar-refractivity contribution in [1.82, 2.24) is 25.3 Å². The molecule has 0 amide bonds. The van der Waals surface area contributed by atoms with Gasteiger partial charge in [-0.15, -0.1) is 0 Å². The maximum Gasteiger partial charge on any atom is 0.191 e. The molecule has 148 valence electrons. The van der Waals surface area contributed by atoms with Crippen molar-refractivity contribution < 1.29 is 8.78 Å². The molecule has 2 N–H and O–H groups in total. The molecular formula is C19H28F2N6. The molecule has 1 aromatic heterocycles. The maximum atomic E-state index is 13.7. The van der Waals surface area contributed by atoms with E-state index in [1.807, 2.05) is 40.5 Å². The highest BCUT2D eigenvalue weighted by atomic mass is 19.1. The van der Waals surface area contributed by atoms with Crippen LogP contribution in [0.25, 0.3) is 0 Å². The Morgan fingerprint density at radius 3 is 2.70 bits per heavy atom. The van der Waals surface area contributed by atoms with E-state index in [0.29, 0.717) is 37.6 Å². The first-order valence-corrected chi connectivity index (χ1v) is 9.01. The number of rotatable bonds is 8. The predicted molar refractivity (Wildman–Crippen MR) is 104 cm³/mol. The van der Waals surface area contributed by atoms with Crippen molar-refractivity contribution in [2.45, 2.75) is 19.4 Å². The second-order valence-corrected chi connectivity index (χ2v) is 6.56. The SMILES string of the molecule is CCNC(=NCC(c1cnn(C)c1)N(C)C)NCCc1cc(F)ccc1F. The second-order valence-electron chi connectivity index (χ2n) is 6.56. The van der Waals surface area contributed by atoms with Gasteiger partial charge in [-0.1, -0.05) is 0 Å². The highest BCUT2D eigenvalue weighted by Gasteiger charge is 2.15. The van der Waals surface area contributed by atoms with E-state index in [2.05, 4.69) is 25.6 Å². The fourth-order valence-electron chi connectivity index (χ4n) is 2.75. The Hall–Kier alpha value is -2.48. The zero-order valence-corrected chi connectivity index (χ0v) is 16.3. The number of hydrogen-bond acceptors (Lipinski definition) is 3. The Balaban J connectivity index is 1.99. The molecule has 1 heterocycles. The van der Waals surface area contributed by atoms with Gasteiger partial charge in [0.25, 0.3) is 0 Å². The van der Waals surface area contributed by atoms with Crippen LogP contribution < -0.4 is 10.6 Å². The van der Waals surface area contributed by atoms with Gasteiger partial charge in [0.1, 0.15) is 11.6 Å². The molecule has 8 heteroatoms. The molecule has 1 aromatic carbocycles. The summed E-state index contributed by atoms with van der Waals surface area (Å²) in [5.74, 6) is -0.188. The van der Waals surface area contributed by atoms with Gasteiger partial charge in [0.15, 0.2) is 5.96 Å². The number of benzene rings is 1. The van der Waals surface area contributed by atoms with Gasteiger partial charge >= 0.3 is 0 Å². The Labute approximate surface area is 159 Å². The Morgan fingerprint density at radius 2 is 2.07 bits per heavy atom. The van der Waals surface area contributed by atoms with E-state index in [0.717, 1.165) is 17.7 Å². The predicted octanol–water partition coefficient (Wildman–Crippen LogP) is 2.10. The molecule has 1 unspecified atom stereocenters. The first kappa shape index (κ1) is 20.8. The summed E-state index contributed by atoms with van der Waals surface area (Å²) in [6, 6.07) is 3.60. The molecular weight excluding hydrogens is 350 g/mol. The van der Waals surface area contributed by atoms with E-state index in [1.54, 1.807) is 4.68 Å². The van der Waals surface area contributed by atoms with E-state index in [1.165, 1.54) is 6.07 Å². The molecule has 2 rings (SSSR count). The number of halogens is 2. The van der Waals surface area contributed by atoms with Crippen molar-refractivity contribution in [2.24, 2.45) is 12.0 Å². The first-order chi connectivity index (χ1) is 12.9. The Kier molecular flexibility index (Phi) is 7.72. The molecule has 27 heavy (non-hydrogen) atoms. The molecule has 0 aliphatic heterocycles. The Morgan fingerprint density at radius 1 is 1.30 bits per heavy atom. The standard InChI is InChI=1S/C19H28F2N6/c1-5-22-19(23-9-8-14-10-16(20)6-7-17(14)21)24-12-18(26(2)3)15-11-25-27(4)13-15/h6-7,10-11,13,18H,5,8-9,12H2,1-4H3,(H2,22,23,24). The first-order valence-electron chi connectivity index (χ1n) is 9.01. The maximum absolute atomic E-state index is 13.7. The van der Waals surface area contributed by atoms with Crippen molar-refractivity contribution >= 4 is 5.96 Å². The van der Waals surface area contributed by atoms with Gasteiger partial charge < -0.3 is 15.5 Å². The van der Waals surface area contributed by atoms with E-state index in [4.69, 9.17) is 0 Å². The molecule has 0 saturated carbocycles. The normalized spacial score (nSPS) is 13.1. The molecule has 0 radical (unpaired) electrons. The quantitative estimate of drug-likeness (QED) is 0.546. The lowest BCUT2D eigenvalue weighted by atomic mass is 10.1. The third-order valence-electron chi connectivity index (χ3n) is 4.19. The van der Waals surface area contributed by atoms with Crippen molar-refractivity contribution in [3.05, 3.63) is 53.4 Å². The van der Waals surface area contributed by atoms with Crippen molar-refractivity contribution in [2.75, 3.05) is 33.7 Å². The van der Waals surface area contributed by atoms with Crippen LogP contribution >= 0.6 is 0 Å². The topological polar surface area (TPSA) is 57.5 Å². The fourth-order valence-corrected chi connectivity index (χ4v) is 2.75. The van der Waals surface area contributed by atoms with Crippen LogP contribution in [0.1, 0.15) is 24.1 Å². The van der Waals surface area contributed by atoms with Crippen LogP contribution in [-0.4, -0.2) is 54.4 Å². The number of aromatic nitrogens is 2. The lowest BCUT2D eigenvalue weighted by Crippen LogP contribution is -2.39. The van der Waals surface area contributed by atoms with E-state index in [-0.39, 0.29) is 6.04 Å². The Bertz CT molecular complexity index is 756. The number of nitrogens with one attached hydrogen (secondary N) is 2. The summed E-state index contributed by atoms with van der Waals surface area (Å²) < 4.78 is 28.8. The van der Waals surface area contributed by atoms with Crippen LogP contribution in [0.15, 0.2) is 35.6 Å². The minimum absolute atomic E-state index is 0.0924. The van der Waals surface area contributed by atoms with Gasteiger partial charge in [0, 0.05) is 31.9 Å². The lowest BCUT2D eigenvalue weighted by Gasteiger charge is -2.22. The van der Waals surface area contributed by atoms with E-state index in [9.17, 15) is 8.78 Å². The number of nitrogens with zero attached hydrogens (tertiary/aromatic N) is 4. The van der Waals surface area contributed by atoms with E-state index < -0.39 is 11.6 Å². The van der Waals surface area contributed by atoms with Crippen LogP contribution in [0.4, 0.5) is 8.78 Å². The average molecular weight is 378 g/mol. The molecule has 0 bridgehead atoms. The molecule has 0 spiro atoms. The summed E-state index contributed by atoms with van der Waals surface area (Å²) in [5, 5.41) is 10.6. The second kappa shape index (κ2) is 10.0. The van der Waals surface area contributed by atoms with Crippen LogP contribution in [0, 0.1) is 11.6 Å². The largest absolute Gasteiger partial charge is 0.357 e. The molecule has 2 aromatic rings. The molecule has 6 nitrogen and oxygen atoms in total. The molecule has 1 atom stereocenters. The van der Waals surface area contributed by atoms with Crippen molar-refractivity contribution in [3.8, 4) is 0 Å². The third-order valence-corrected chi connectivity index (χ3v) is 4.19.